The number of hydrogen-bond acceptors (Lipinski definition) is 3. The lowest BCUT2D eigenvalue weighted by atomic mass is 10.2. The van der Waals surface area contributed by atoms with Crippen molar-refractivity contribution in [2.75, 3.05) is 6.61 Å². The maximum atomic E-state index is 11.1. The average Bonchev–Trinajstić information content (AvgIpc) is 2.55. The number of rotatable bonds is 4. The van der Waals surface area contributed by atoms with Gasteiger partial charge in [-0.1, -0.05) is 0 Å². The summed E-state index contributed by atoms with van der Waals surface area (Å²) in [4.78, 5) is 15.0. The highest BCUT2D eigenvalue weighted by molar-refractivity contribution is 5.69. The van der Waals surface area contributed by atoms with Crippen molar-refractivity contribution in [3.05, 3.63) is 18.7 Å². The molecular weight excluding hydrogens is 168 g/mol. The molecule has 4 nitrogen and oxygen atoms in total. The van der Waals surface area contributed by atoms with E-state index in [2.05, 4.69) is 4.98 Å². The zero-order valence-corrected chi connectivity index (χ0v) is 7.93. The largest absolute Gasteiger partial charge is 0.466 e. The number of hydrogen-bond donors (Lipinski definition) is 0. The summed E-state index contributed by atoms with van der Waals surface area (Å²) >= 11 is 0. The second kappa shape index (κ2) is 4.64. The van der Waals surface area contributed by atoms with Crippen LogP contribution in [0.4, 0.5) is 0 Å². The van der Waals surface area contributed by atoms with Crippen molar-refractivity contribution in [3.63, 3.8) is 0 Å². The average molecular weight is 182 g/mol. The van der Waals surface area contributed by atoms with E-state index in [1.54, 1.807) is 19.4 Å². The van der Waals surface area contributed by atoms with E-state index in [-0.39, 0.29) is 12.0 Å². The number of imidazole rings is 1. The molecule has 0 amide bonds. The van der Waals surface area contributed by atoms with Crippen LogP contribution in [0.2, 0.25) is 0 Å². The molecule has 1 unspecified atom stereocenters. The Hall–Kier alpha value is -1.32. The molecule has 0 spiro atoms. The van der Waals surface area contributed by atoms with Crippen LogP contribution in [0.15, 0.2) is 18.7 Å². The van der Waals surface area contributed by atoms with Crippen LogP contribution in [0, 0.1) is 0 Å². The van der Waals surface area contributed by atoms with E-state index < -0.39 is 0 Å². The highest BCUT2D eigenvalue weighted by atomic mass is 16.5. The number of aromatic nitrogens is 2. The minimum Gasteiger partial charge on any atom is -0.466 e. The Kier molecular flexibility index (Phi) is 3.49. The van der Waals surface area contributed by atoms with E-state index in [1.165, 1.54) is 0 Å². The molecule has 1 aromatic rings. The van der Waals surface area contributed by atoms with E-state index in [1.807, 2.05) is 17.7 Å². The minimum atomic E-state index is -0.163. The van der Waals surface area contributed by atoms with Gasteiger partial charge in [0.15, 0.2) is 0 Å². The molecule has 0 saturated heterocycles. The first kappa shape index (κ1) is 9.77. The highest BCUT2D eigenvalue weighted by Gasteiger charge is 2.10. The van der Waals surface area contributed by atoms with Crippen LogP contribution in [0.25, 0.3) is 0 Å². The van der Waals surface area contributed by atoms with Crippen LogP contribution >= 0.6 is 0 Å². The molecule has 4 heteroatoms. The van der Waals surface area contributed by atoms with Crippen LogP contribution in [-0.4, -0.2) is 22.1 Å². The summed E-state index contributed by atoms with van der Waals surface area (Å²) in [5, 5.41) is 0. The van der Waals surface area contributed by atoms with Gasteiger partial charge >= 0.3 is 5.97 Å². The molecule has 1 heterocycles. The second-order valence-corrected chi connectivity index (χ2v) is 2.87. The molecule has 0 aliphatic heterocycles. The van der Waals surface area contributed by atoms with Gasteiger partial charge in [-0.3, -0.25) is 4.79 Å². The molecule has 0 radical (unpaired) electrons. The van der Waals surface area contributed by atoms with Gasteiger partial charge in [0.25, 0.3) is 0 Å². The third-order valence-corrected chi connectivity index (χ3v) is 1.80. The molecule has 0 aliphatic rings. The lowest BCUT2D eigenvalue weighted by Gasteiger charge is -2.11. The molecule has 1 atom stereocenters. The van der Waals surface area contributed by atoms with Gasteiger partial charge in [0, 0.05) is 18.4 Å². The van der Waals surface area contributed by atoms with Gasteiger partial charge in [-0.15, -0.1) is 0 Å². The quantitative estimate of drug-likeness (QED) is 0.661. The van der Waals surface area contributed by atoms with Crippen molar-refractivity contribution in [1.82, 2.24) is 9.55 Å². The highest BCUT2D eigenvalue weighted by Crippen LogP contribution is 2.09. The summed E-state index contributed by atoms with van der Waals surface area (Å²) in [6.45, 7) is 4.20. The van der Waals surface area contributed by atoms with Crippen molar-refractivity contribution < 1.29 is 9.53 Å². The Balaban J connectivity index is 2.42. The van der Waals surface area contributed by atoms with Gasteiger partial charge in [-0.25, -0.2) is 4.98 Å². The predicted octanol–water partition coefficient (Wildman–Crippen LogP) is 1.40. The molecule has 0 aromatic carbocycles. The van der Waals surface area contributed by atoms with Gasteiger partial charge in [0.1, 0.15) is 0 Å². The molecule has 0 saturated carbocycles. The standard InChI is InChI=1S/C9H14N2O2/c1-3-13-9(12)6-8(2)11-5-4-10-7-11/h4-5,7-8H,3,6H2,1-2H3. The van der Waals surface area contributed by atoms with E-state index >= 15 is 0 Å². The van der Waals surface area contributed by atoms with E-state index in [0.717, 1.165) is 0 Å². The third kappa shape index (κ3) is 2.89. The number of carbonyl (C=O) groups is 1. The van der Waals surface area contributed by atoms with E-state index in [0.29, 0.717) is 13.0 Å². The summed E-state index contributed by atoms with van der Waals surface area (Å²) in [7, 11) is 0. The fourth-order valence-corrected chi connectivity index (χ4v) is 1.10. The Morgan fingerprint density at radius 3 is 3.00 bits per heavy atom. The molecule has 0 fully saturated rings. The first-order valence-electron chi connectivity index (χ1n) is 4.37. The zero-order chi connectivity index (χ0) is 9.68. The van der Waals surface area contributed by atoms with Crippen molar-refractivity contribution >= 4 is 5.97 Å². The van der Waals surface area contributed by atoms with Gasteiger partial charge in [-0.05, 0) is 13.8 Å². The Labute approximate surface area is 77.5 Å². The topological polar surface area (TPSA) is 44.1 Å². The number of esters is 1. The summed E-state index contributed by atoms with van der Waals surface area (Å²) in [5.41, 5.74) is 0. The molecular formula is C9H14N2O2. The van der Waals surface area contributed by atoms with Gasteiger partial charge in [0.05, 0.1) is 19.4 Å². The Bertz CT molecular complexity index is 257. The summed E-state index contributed by atoms with van der Waals surface area (Å²) < 4.78 is 6.72. The lowest BCUT2D eigenvalue weighted by Crippen LogP contribution is -2.12. The third-order valence-electron chi connectivity index (χ3n) is 1.80. The molecule has 1 aromatic heterocycles. The zero-order valence-electron chi connectivity index (χ0n) is 7.93. The van der Waals surface area contributed by atoms with E-state index in [9.17, 15) is 4.79 Å². The van der Waals surface area contributed by atoms with Crippen molar-refractivity contribution in [3.8, 4) is 0 Å². The maximum absolute atomic E-state index is 11.1. The Morgan fingerprint density at radius 1 is 1.69 bits per heavy atom. The number of nitrogens with zero attached hydrogens (tertiary/aromatic N) is 2. The van der Waals surface area contributed by atoms with Crippen LogP contribution < -0.4 is 0 Å². The van der Waals surface area contributed by atoms with Gasteiger partial charge < -0.3 is 9.30 Å². The Morgan fingerprint density at radius 2 is 2.46 bits per heavy atom. The number of carbonyl (C=O) groups excluding carboxylic acids is 1. The second-order valence-electron chi connectivity index (χ2n) is 2.87. The normalized spacial score (nSPS) is 12.5. The summed E-state index contributed by atoms with van der Waals surface area (Å²) in [6, 6.07) is 0.113. The summed E-state index contributed by atoms with van der Waals surface area (Å²) in [5.74, 6) is -0.163. The molecule has 13 heavy (non-hydrogen) atoms. The van der Waals surface area contributed by atoms with Crippen molar-refractivity contribution in [2.24, 2.45) is 0 Å². The fraction of sp³-hybridized carbons (Fsp3) is 0.556. The van der Waals surface area contributed by atoms with Crippen molar-refractivity contribution in [1.29, 1.82) is 0 Å². The number of ether oxygens (including phenoxy) is 1. The smallest absolute Gasteiger partial charge is 0.307 e. The van der Waals surface area contributed by atoms with Gasteiger partial charge in [-0.2, -0.15) is 0 Å². The van der Waals surface area contributed by atoms with Crippen LogP contribution in [0.1, 0.15) is 26.3 Å². The fourth-order valence-electron chi connectivity index (χ4n) is 1.10. The predicted molar refractivity (Wildman–Crippen MR) is 48.2 cm³/mol. The van der Waals surface area contributed by atoms with Crippen LogP contribution in [0.5, 0.6) is 0 Å². The van der Waals surface area contributed by atoms with Crippen LogP contribution in [-0.2, 0) is 9.53 Å². The molecule has 72 valence electrons. The molecule has 0 aliphatic carbocycles. The maximum Gasteiger partial charge on any atom is 0.307 e. The molecule has 0 bridgehead atoms. The van der Waals surface area contributed by atoms with Gasteiger partial charge in [0.2, 0.25) is 0 Å². The SMILES string of the molecule is CCOC(=O)CC(C)n1ccnc1. The summed E-state index contributed by atoms with van der Waals surface area (Å²) in [6.07, 6.45) is 5.62. The minimum absolute atomic E-state index is 0.113. The molecule has 1 rings (SSSR count). The van der Waals surface area contributed by atoms with Crippen LogP contribution in [0.3, 0.4) is 0 Å². The lowest BCUT2D eigenvalue weighted by molar-refractivity contribution is -0.143. The molecule has 0 N–H and O–H groups in total. The first-order chi connectivity index (χ1) is 6.24. The van der Waals surface area contributed by atoms with E-state index in [4.69, 9.17) is 4.74 Å². The van der Waals surface area contributed by atoms with Crippen molar-refractivity contribution in [2.45, 2.75) is 26.3 Å². The first-order valence-corrected chi connectivity index (χ1v) is 4.37. The monoisotopic (exact) mass is 182 g/mol.